The molecule has 6 rings (SSSR count). The van der Waals surface area contributed by atoms with Gasteiger partial charge in [-0.25, -0.2) is 9.69 Å². The molecule has 1 unspecified atom stereocenters. The summed E-state index contributed by atoms with van der Waals surface area (Å²) in [7, 11) is 1.46. The molecule has 1 fully saturated rings. The number of nitrogens with zero attached hydrogens (tertiary/aromatic N) is 3. The second-order valence-corrected chi connectivity index (χ2v) is 23.3. The van der Waals surface area contributed by atoms with Gasteiger partial charge in [-0.3, -0.25) is 38.5 Å². The topological polar surface area (TPSA) is 316 Å². The fourth-order valence-electron chi connectivity index (χ4n) is 10.3. The van der Waals surface area contributed by atoms with Crippen LogP contribution in [0.25, 0.3) is 0 Å². The lowest BCUT2D eigenvalue weighted by Crippen LogP contribution is -2.53. The van der Waals surface area contributed by atoms with Crippen molar-refractivity contribution in [3.63, 3.8) is 0 Å². The predicted molar refractivity (Wildman–Crippen MR) is 354 cm³/mol. The maximum Gasteiger partial charge on any atom is 0.416 e. The Morgan fingerprint density at radius 1 is 0.656 bits per heavy atom. The van der Waals surface area contributed by atoms with Gasteiger partial charge in [0.1, 0.15) is 18.7 Å². The standard InChI is InChI=1S/C69H97N7O20/c1-7-8-14-25-95-59-45-56-55(43-58(59)86-6)67(83)75-46-49(4)42-57(75)68(84)76(56)69(85)96-47-51-17-19-53(20-18-51)72-64(80)50(5)71-65(81)63(48(2)3)73-61(78)22-26-87-28-30-89-32-34-91-36-38-93-40-41-94-39-37-92-35-33-90-31-29-88-27-23-70-60(77)21-24-74-62(79)44-54(66(74)82)52-15-12-10-9-11-13-16-52/h9-13,15-20,43,45-46,48,50,54,57,63,68,84H,7-8,14,21-42,44,47H2,1-6H3,(H,70,77)(H,71,81)(H,72,80)(H,73,78)/b10-9-,11-9?,12-10?,13-11-,15-12?,16-13?,52-15?,52-16?/t50-,54?,57-,63-,68-/m0/s1. The SMILES string of the molecule is CCCCCOc1cc2c(cc1OC)C(=O)N1C=C(C)C[C@H]1[C@H](O)N2C(=O)OCc1ccc(NC(=O)[C@H](C)NC(=O)[C@@H](NC(=O)CCOCCOCCOCCOCCOCCOCCOCCOCCNC(=O)CCN2C(=O)CC(C3=C/C=C\C=C/C=C3)C2=O)C(C)C)cc1. The van der Waals surface area contributed by atoms with Crippen molar-refractivity contribution >= 4 is 58.8 Å². The van der Waals surface area contributed by atoms with Gasteiger partial charge in [0.15, 0.2) is 17.7 Å². The van der Waals surface area contributed by atoms with E-state index in [1.54, 1.807) is 44.3 Å². The van der Waals surface area contributed by atoms with E-state index in [1.165, 1.54) is 36.0 Å². The van der Waals surface area contributed by atoms with Crippen LogP contribution in [-0.2, 0) is 78.0 Å². The number of aliphatic hydroxyl groups is 1. The molecule has 0 spiro atoms. The maximum atomic E-state index is 14.0. The first-order valence-electron chi connectivity index (χ1n) is 32.9. The number of methoxy groups -OCH3 is 1. The zero-order valence-corrected chi connectivity index (χ0v) is 56.2. The van der Waals surface area contributed by atoms with Crippen molar-refractivity contribution in [1.29, 1.82) is 0 Å². The number of rotatable bonds is 45. The first-order valence-corrected chi connectivity index (χ1v) is 32.9. The van der Waals surface area contributed by atoms with Gasteiger partial charge in [-0.05, 0) is 61.9 Å². The Morgan fingerprint density at radius 3 is 1.85 bits per heavy atom. The van der Waals surface area contributed by atoms with Gasteiger partial charge in [0.05, 0.1) is 143 Å². The number of imide groups is 1. The molecule has 96 heavy (non-hydrogen) atoms. The van der Waals surface area contributed by atoms with Gasteiger partial charge in [-0.2, -0.15) is 0 Å². The van der Waals surface area contributed by atoms with Crippen molar-refractivity contribution in [2.75, 3.05) is 143 Å². The number of nitrogens with one attached hydrogen (secondary N) is 4. The normalized spacial score (nSPS) is 17.9. The molecule has 2 aromatic carbocycles. The molecular weight excluding hydrogens is 1250 g/mol. The van der Waals surface area contributed by atoms with E-state index >= 15 is 0 Å². The number of hydrogen-bond donors (Lipinski definition) is 5. The first-order chi connectivity index (χ1) is 46.5. The fourth-order valence-corrected chi connectivity index (χ4v) is 10.3. The summed E-state index contributed by atoms with van der Waals surface area (Å²) in [6.45, 7) is 15.0. The Kier molecular flexibility index (Phi) is 34.3. The summed E-state index contributed by atoms with van der Waals surface area (Å²) in [5.74, 6) is -2.92. The molecule has 8 amide bonds. The number of aliphatic hydroxyl groups excluding tert-OH is 1. The lowest BCUT2D eigenvalue weighted by Gasteiger charge is -2.31. The van der Waals surface area contributed by atoms with E-state index in [9.17, 15) is 43.5 Å². The molecular formula is C69H97N7O20. The van der Waals surface area contributed by atoms with Crippen molar-refractivity contribution in [2.45, 2.75) is 111 Å². The minimum absolute atomic E-state index is 0.00131. The molecule has 27 nitrogen and oxygen atoms in total. The first kappa shape index (κ1) is 77.1. The van der Waals surface area contributed by atoms with Gasteiger partial charge >= 0.3 is 6.09 Å². The quantitative estimate of drug-likeness (QED) is 0.0406. The van der Waals surface area contributed by atoms with E-state index in [-0.39, 0.29) is 87.1 Å². The fraction of sp³-hybridized carbons (Fsp3) is 0.565. The molecule has 0 radical (unpaired) electrons. The van der Waals surface area contributed by atoms with Crippen LogP contribution in [-0.4, -0.2) is 219 Å². The van der Waals surface area contributed by atoms with Crippen molar-refractivity contribution in [3.05, 3.63) is 107 Å². The number of hydrogen-bond acceptors (Lipinski definition) is 20. The average molecular weight is 1340 g/mol. The highest BCUT2D eigenvalue weighted by Gasteiger charge is 2.45. The van der Waals surface area contributed by atoms with E-state index < -0.39 is 60.0 Å². The van der Waals surface area contributed by atoms with Crippen molar-refractivity contribution in [1.82, 2.24) is 25.8 Å². The molecule has 27 heteroatoms. The Bertz CT molecular complexity index is 3010. The molecule has 3 aliphatic heterocycles. The van der Waals surface area contributed by atoms with Crippen LogP contribution in [0.3, 0.4) is 0 Å². The maximum absolute atomic E-state index is 14.0. The van der Waals surface area contributed by atoms with Gasteiger partial charge < -0.3 is 83.4 Å². The van der Waals surface area contributed by atoms with Crippen LogP contribution in [0.4, 0.5) is 16.2 Å². The zero-order valence-electron chi connectivity index (χ0n) is 56.2. The molecule has 1 saturated heterocycles. The summed E-state index contributed by atoms with van der Waals surface area (Å²) in [4.78, 5) is 109. The van der Waals surface area contributed by atoms with Crippen LogP contribution in [0.2, 0.25) is 0 Å². The number of fused-ring (bicyclic) bond motifs is 2. The Hall–Kier alpha value is -7.86. The van der Waals surface area contributed by atoms with Gasteiger partial charge in [-0.1, -0.05) is 93.9 Å². The smallest absolute Gasteiger partial charge is 0.416 e. The van der Waals surface area contributed by atoms with Gasteiger partial charge in [0.25, 0.3) is 5.91 Å². The monoisotopic (exact) mass is 1340 g/mol. The molecule has 1 aliphatic carbocycles. The van der Waals surface area contributed by atoms with Gasteiger partial charge in [0, 0.05) is 50.3 Å². The Morgan fingerprint density at radius 2 is 1.25 bits per heavy atom. The van der Waals surface area contributed by atoms with Crippen LogP contribution in [0, 0.1) is 11.8 Å². The van der Waals surface area contributed by atoms with Crippen LogP contribution < -0.4 is 35.6 Å². The number of anilines is 2. The number of carbonyl (C=O) groups excluding carboxylic acids is 8. The number of carbonyl (C=O) groups is 8. The molecule has 0 aromatic heterocycles. The Labute approximate surface area is 562 Å². The minimum atomic E-state index is -1.46. The molecule has 4 aliphatic rings. The highest BCUT2D eigenvalue weighted by atomic mass is 16.6. The summed E-state index contributed by atoms with van der Waals surface area (Å²) in [6, 6.07) is 6.90. The second kappa shape index (κ2) is 42.6. The molecule has 0 bridgehead atoms. The highest BCUT2D eigenvalue weighted by molar-refractivity contribution is 6.07. The molecule has 0 saturated carbocycles. The second-order valence-electron chi connectivity index (χ2n) is 23.3. The van der Waals surface area contributed by atoms with Crippen molar-refractivity contribution < 1.29 is 95.6 Å². The Balaban J connectivity index is 0.718. The number of benzene rings is 2. The molecule has 2 aromatic rings. The third kappa shape index (κ3) is 25.6. The average Bonchev–Trinajstić information content (AvgIpc) is 1.58. The number of likely N-dealkylation sites (tertiary alicyclic amines) is 1. The van der Waals surface area contributed by atoms with E-state index in [1.807, 2.05) is 49.5 Å². The number of ether oxygens (including phenoxy) is 11. The van der Waals surface area contributed by atoms with E-state index in [0.717, 1.165) is 35.3 Å². The zero-order chi connectivity index (χ0) is 69.0. The van der Waals surface area contributed by atoms with E-state index in [4.69, 9.17) is 52.1 Å². The van der Waals surface area contributed by atoms with Crippen LogP contribution in [0.1, 0.15) is 95.5 Å². The van der Waals surface area contributed by atoms with E-state index in [2.05, 4.69) is 28.2 Å². The summed E-state index contributed by atoms with van der Waals surface area (Å²) in [5.41, 5.74) is 2.84. The summed E-state index contributed by atoms with van der Waals surface area (Å²) < 4.78 is 61.6. The van der Waals surface area contributed by atoms with Crippen molar-refractivity contribution in [3.8, 4) is 11.5 Å². The van der Waals surface area contributed by atoms with Crippen molar-refractivity contribution in [2.24, 2.45) is 11.8 Å². The lowest BCUT2D eigenvalue weighted by atomic mass is 9.95. The van der Waals surface area contributed by atoms with Crippen LogP contribution in [0.5, 0.6) is 11.5 Å². The summed E-state index contributed by atoms with van der Waals surface area (Å²) in [5, 5.41) is 22.7. The number of allylic oxidation sites excluding steroid dienone is 7. The number of unbranched alkanes of at least 4 members (excludes halogenated alkanes) is 2. The molecule has 5 atom stereocenters. The summed E-state index contributed by atoms with van der Waals surface area (Å²) in [6.07, 6.45) is 15.4. The number of amides is 8. The minimum Gasteiger partial charge on any atom is -0.493 e. The largest absolute Gasteiger partial charge is 0.493 e. The third-order valence-corrected chi connectivity index (χ3v) is 15.5. The summed E-state index contributed by atoms with van der Waals surface area (Å²) >= 11 is 0. The van der Waals surface area contributed by atoms with E-state index in [0.29, 0.717) is 128 Å². The lowest BCUT2D eigenvalue weighted by molar-refractivity contribution is -0.139. The predicted octanol–water partition coefficient (Wildman–Crippen LogP) is 5.45. The van der Waals surface area contributed by atoms with Crippen LogP contribution >= 0.6 is 0 Å². The molecule has 528 valence electrons. The van der Waals surface area contributed by atoms with Crippen LogP contribution in [0.15, 0.2) is 96.3 Å². The molecule has 5 N–H and O–H groups in total. The molecule has 3 heterocycles. The highest BCUT2D eigenvalue weighted by Crippen LogP contribution is 2.42. The van der Waals surface area contributed by atoms with Gasteiger partial charge in [-0.15, -0.1) is 0 Å². The third-order valence-electron chi connectivity index (χ3n) is 15.5. The van der Waals surface area contributed by atoms with Gasteiger partial charge in [0.2, 0.25) is 35.4 Å².